The maximum Gasteiger partial charge on any atom is 0.251 e. The quantitative estimate of drug-likeness (QED) is 0.556. The zero-order valence-corrected chi connectivity index (χ0v) is 14.1. The van der Waals surface area contributed by atoms with Crippen molar-refractivity contribution in [1.82, 2.24) is 5.32 Å². The van der Waals surface area contributed by atoms with E-state index < -0.39 is 0 Å². The van der Waals surface area contributed by atoms with Crippen LogP contribution >= 0.6 is 0 Å². The van der Waals surface area contributed by atoms with Crippen LogP contribution in [0.4, 0.5) is 11.4 Å². The molecule has 1 aliphatic carbocycles. The second kappa shape index (κ2) is 9.40. The van der Waals surface area contributed by atoms with Crippen LogP contribution in [0.25, 0.3) is 0 Å². The van der Waals surface area contributed by atoms with Crippen LogP contribution in [0, 0.1) is 0 Å². The number of rotatable bonds is 6. The average molecular weight is 319 g/mol. The van der Waals surface area contributed by atoms with Crippen molar-refractivity contribution < 1.29 is 9.53 Å². The van der Waals surface area contributed by atoms with Gasteiger partial charge in [-0.05, 0) is 31.0 Å². The summed E-state index contributed by atoms with van der Waals surface area (Å²) in [5.41, 5.74) is 8.28. The van der Waals surface area contributed by atoms with E-state index in [4.69, 9.17) is 10.5 Å². The maximum atomic E-state index is 12.0. The SMILES string of the molecule is COCCNC(=O)c1ccc(NC2CCCCCCC2)c(N)c1. The van der Waals surface area contributed by atoms with Crippen molar-refractivity contribution in [1.29, 1.82) is 0 Å². The zero-order chi connectivity index (χ0) is 16.5. The van der Waals surface area contributed by atoms with Crippen molar-refractivity contribution in [3.63, 3.8) is 0 Å². The number of amides is 1. The number of hydrogen-bond donors (Lipinski definition) is 3. The minimum atomic E-state index is -0.119. The van der Waals surface area contributed by atoms with Gasteiger partial charge in [-0.25, -0.2) is 0 Å². The summed E-state index contributed by atoms with van der Waals surface area (Å²) in [6.07, 6.45) is 8.96. The van der Waals surface area contributed by atoms with Crippen LogP contribution in [-0.4, -0.2) is 32.2 Å². The third-order valence-electron chi connectivity index (χ3n) is 4.37. The third kappa shape index (κ3) is 5.75. The molecule has 1 aromatic rings. The molecule has 0 saturated heterocycles. The molecule has 5 nitrogen and oxygen atoms in total. The van der Waals surface area contributed by atoms with E-state index in [1.807, 2.05) is 12.1 Å². The Morgan fingerprint density at radius 2 is 1.91 bits per heavy atom. The highest BCUT2D eigenvalue weighted by Gasteiger charge is 2.13. The summed E-state index contributed by atoms with van der Waals surface area (Å²) in [5.74, 6) is -0.119. The van der Waals surface area contributed by atoms with Crippen LogP contribution in [0.1, 0.15) is 55.3 Å². The van der Waals surface area contributed by atoms with E-state index in [9.17, 15) is 4.79 Å². The van der Waals surface area contributed by atoms with Gasteiger partial charge in [-0.15, -0.1) is 0 Å². The normalized spacial score (nSPS) is 16.4. The van der Waals surface area contributed by atoms with Crippen LogP contribution in [0.2, 0.25) is 0 Å². The van der Waals surface area contributed by atoms with E-state index in [1.165, 1.54) is 44.9 Å². The Kier molecular flexibility index (Phi) is 7.20. The first-order valence-corrected chi connectivity index (χ1v) is 8.64. The second-order valence-corrected chi connectivity index (χ2v) is 6.24. The smallest absolute Gasteiger partial charge is 0.251 e. The summed E-state index contributed by atoms with van der Waals surface area (Å²) in [4.78, 5) is 12.0. The first-order valence-electron chi connectivity index (χ1n) is 8.64. The molecule has 1 saturated carbocycles. The van der Waals surface area contributed by atoms with Gasteiger partial charge < -0.3 is 21.1 Å². The molecule has 0 aromatic heterocycles. The predicted octanol–water partition coefficient (Wildman–Crippen LogP) is 3.17. The van der Waals surface area contributed by atoms with E-state index in [0.717, 1.165) is 5.69 Å². The van der Waals surface area contributed by atoms with Gasteiger partial charge in [0.15, 0.2) is 0 Å². The molecule has 23 heavy (non-hydrogen) atoms. The third-order valence-corrected chi connectivity index (χ3v) is 4.37. The number of methoxy groups -OCH3 is 1. The molecule has 0 radical (unpaired) electrons. The summed E-state index contributed by atoms with van der Waals surface area (Å²) in [5, 5.41) is 6.36. The Hall–Kier alpha value is -1.75. The highest BCUT2D eigenvalue weighted by atomic mass is 16.5. The number of nitrogens with one attached hydrogen (secondary N) is 2. The molecule has 128 valence electrons. The summed E-state index contributed by atoms with van der Waals surface area (Å²) < 4.78 is 4.93. The lowest BCUT2D eigenvalue weighted by Gasteiger charge is -2.23. The molecule has 0 bridgehead atoms. The number of ether oxygens (including phenoxy) is 1. The molecule has 1 amide bonds. The lowest BCUT2D eigenvalue weighted by atomic mass is 9.96. The highest BCUT2D eigenvalue weighted by molar-refractivity contribution is 5.96. The number of carbonyl (C=O) groups is 1. The topological polar surface area (TPSA) is 76.4 Å². The first kappa shape index (κ1) is 17.6. The Balaban J connectivity index is 1.94. The van der Waals surface area contributed by atoms with Crippen molar-refractivity contribution in [2.75, 3.05) is 31.3 Å². The monoisotopic (exact) mass is 319 g/mol. The summed E-state index contributed by atoms with van der Waals surface area (Å²) in [6.45, 7) is 1.000. The first-order chi connectivity index (χ1) is 11.2. The number of carbonyl (C=O) groups excluding carboxylic acids is 1. The van der Waals surface area contributed by atoms with Gasteiger partial charge in [-0.1, -0.05) is 32.1 Å². The number of benzene rings is 1. The largest absolute Gasteiger partial charge is 0.397 e. The molecule has 0 unspecified atom stereocenters. The molecule has 0 atom stereocenters. The fourth-order valence-electron chi connectivity index (χ4n) is 3.02. The van der Waals surface area contributed by atoms with Crippen LogP contribution < -0.4 is 16.4 Å². The van der Waals surface area contributed by atoms with Crippen molar-refractivity contribution in [2.24, 2.45) is 0 Å². The molecule has 0 spiro atoms. The van der Waals surface area contributed by atoms with E-state index >= 15 is 0 Å². The minimum absolute atomic E-state index is 0.119. The standard InChI is InChI=1S/C18H29N3O2/c1-23-12-11-20-18(22)14-9-10-17(16(19)13-14)21-15-7-5-3-2-4-6-8-15/h9-10,13,15,21H,2-8,11-12,19H2,1H3,(H,20,22). The molecule has 1 aliphatic rings. The molecule has 1 fully saturated rings. The van der Waals surface area contributed by atoms with Crippen LogP contribution in [0.15, 0.2) is 18.2 Å². The second-order valence-electron chi connectivity index (χ2n) is 6.24. The van der Waals surface area contributed by atoms with Gasteiger partial charge in [0.05, 0.1) is 18.0 Å². The fourth-order valence-corrected chi connectivity index (χ4v) is 3.02. The van der Waals surface area contributed by atoms with Crippen molar-refractivity contribution in [3.8, 4) is 0 Å². The number of anilines is 2. The summed E-state index contributed by atoms with van der Waals surface area (Å²) in [7, 11) is 1.61. The lowest BCUT2D eigenvalue weighted by Crippen LogP contribution is -2.27. The molecule has 2 rings (SSSR count). The van der Waals surface area contributed by atoms with E-state index in [1.54, 1.807) is 13.2 Å². The fraction of sp³-hybridized carbons (Fsp3) is 0.611. The van der Waals surface area contributed by atoms with E-state index in [0.29, 0.717) is 30.4 Å². The maximum absolute atomic E-state index is 12.0. The van der Waals surface area contributed by atoms with Gasteiger partial charge in [0.2, 0.25) is 0 Å². The molecule has 0 heterocycles. The number of nitrogen functional groups attached to an aromatic ring is 1. The molecular formula is C18H29N3O2. The van der Waals surface area contributed by atoms with E-state index in [2.05, 4.69) is 10.6 Å². The molecule has 1 aromatic carbocycles. The van der Waals surface area contributed by atoms with Gasteiger partial charge in [-0.3, -0.25) is 4.79 Å². The van der Waals surface area contributed by atoms with Gasteiger partial charge in [0.1, 0.15) is 0 Å². The van der Waals surface area contributed by atoms with Crippen molar-refractivity contribution >= 4 is 17.3 Å². The van der Waals surface area contributed by atoms with Crippen molar-refractivity contribution in [3.05, 3.63) is 23.8 Å². The van der Waals surface area contributed by atoms with Gasteiger partial charge >= 0.3 is 0 Å². The molecular weight excluding hydrogens is 290 g/mol. The molecule has 0 aliphatic heterocycles. The average Bonchev–Trinajstić information content (AvgIpc) is 2.51. The van der Waals surface area contributed by atoms with E-state index in [-0.39, 0.29) is 5.91 Å². The van der Waals surface area contributed by atoms with Gasteiger partial charge in [-0.2, -0.15) is 0 Å². The van der Waals surface area contributed by atoms with Gasteiger partial charge in [0.25, 0.3) is 5.91 Å². The summed E-state index contributed by atoms with van der Waals surface area (Å²) in [6, 6.07) is 5.97. The van der Waals surface area contributed by atoms with Gasteiger partial charge in [0, 0.05) is 25.3 Å². The lowest BCUT2D eigenvalue weighted by molar-refractivity contribution is 0.0937. The number of hydrogen-bond acceptors (Lipinski definition) is 4. The van der Waals surface area contributed by atoms with Crippen LogP contribution in [-0.2, 0) is 4.74 Å². The Morgan fingerprint density at radius 3 is 2.57 bits per heavy atom. The number of nitrogens with two attached hydrogens (primary N) is 1. The molecule has 5 heteroatoms. The highest BCUT2D eigenvalue weighted by Crippen LogP contribution is 2.25. The Morgan fingerprint density at radius 1 is 1.22 bits per heavy atom. The predicted molar refractivity (Wildman–Crippen MR) is 94.8 cm³/mol. The molecule has 4 N–H and O–H groups in total. The van der Waals surface area contributed by atoms with Crippen LogP contribution in [0.3, 0.4) is 0 Å². The van der Waals surface area contributed by atoms with Crippen molar-refractivity contribution in [2.45, 2.75) is 51.0 Å². The Labute approximate surface area is 139 Å². The summed E-state index contributed by atoms with van der Waals surface area (Å²) >= 11 is 0. The van der Waals surface area contributed by atoms with Crippen LogP contribution in [0.5, 0.6) is 0 Å². The Bertz CT molecular complexity index is 497. The zero-order valence-electron chi connectivity index (χ0n) is 14.1. The minimum Gasteiger partial charge on any atom is -0.397 e.